The van der Waals surface area contributed by atoms with Gasteiger partial charge in [-0.1, -0.05) is 25.2 Å². The van der Waals surface area contributed by atoms with Crippen LogP contribution in [0.3, 0.4) is 0 Å². The topological polar surface area (TPSA) is 55.1 Å². The van der Waals surface area contributed by atoms with Crippen LogP contribution in [0.5, 0.6) is 0 Å². The molecule has 1 N–H and O–H groups in total. The highest BCUT2D eigenvalue weighted by Crippen LogP contribution is 2.33. The van der Waals surface area contributed by atoms with Crippen molar-refractivity contribution in [1.82, 2.24) is 25.1 Å². The van der Waals surface area contributed by atoms with Crippen LogP contribution in [0.2, 0.25) is 0 Å². The summed E-state index contributed by atoms with van der Waals surface area (Å²) in [4.78, 5) is 0.905. The number of hydrogen-bond acceptors (Lipinski definition) is 5. The van der Waals surface area contributed by atoms with Gasteiger partial charge in [-0.05, 0) is 32.7 Å². The summed E-state index contributed by atoms with van der Waals surface area (Å²) in [5, 5.41) is 17.9. The summed E-state index contributed by atoms with van der Waals surface area (Å²) in [5.74, 6) is 1.30. The molecule has 0 saturated carbocycles. The monoisotopic (exact) mass is 265 g/mol. The Hall–Kier alpha value is -1.01. The quantitative estimate of drug-likeness (QED) is 0.905. The van der Waals surface area contributed by atoms with Crippen LogP contribution in [0.15, 0.2) is 0 Å². The highest BCUT2D eigenvalue weighted by molar-refractivity contribution is 7.16. The van der Waals surface area contributed by atoms with Gasteiger partial charge in [0.1, 0.15) is 5.01 Å². The lowest BCUT2D eigenvalue weighted by Gasteiger charge is -2.32. The van der Waals surface area contributed by atoms with E-state index < -0.39 is 0 Å². The minimum atomic E-state index is 0.0118. The third kappa shape index (κ3) is 1.83. The van der Waals surface area contributed by atoms with Crippen molar-refractivity contribution in [2.24, 2.45) is 0 Å². The van der Waals surface area contributed by atoms with E-state index in [1.54, 1.807) is 11.3 Å². The third-order valence-corrected chi connectivity index (χ3v) is 4.78. The Labute approximate surface area is 111 Å². The van der Waals surface area contributed by atoms with E-state index in [9.17, 15) is 0 Å². The largest absolute Gasteiger partial charge is 0.306 e. The van der Waals surface area contributed by atoms with Crippen molar-refractivity contribution in [3.63, 3.8) is 0 Å². The zero-order chi connectivity index (χ0) is 12.8. The molecule has 5 nitrogen and oxygen atoms in total. The third-order valence-electron chi connectivity index (χ3n) is 3.62. The normalized spacial score (nSPS) is 25.1. The van der Waals surface area contributed by atoms with E-state index in [4.69, 9.17) is 5.10 Å². The molecule has 1 saturated heterocycles. The maximum atomic E-state index is 4.74. The first kappa shape index (κ1) is 12.0. The molecule has 3 heterocycles. The van der Waals surface area contributed by atoms with Gasteiger partial charge in [-0.25, -0.2) is 0 Å². The molecule has 1 aliphatic rings. The molecule has 1 unspecified atom stereocenters. The van der Waals surface area contributed by atoms with Crippen molar-refractivity contribution in [2.75, 3.05) is 6.54 Å². The molecule has 3 rings (SSSR count). The average Bonchev–Trinajstić information content (AvgIpc) is 2.88. The molecule has 0 spiro atoms. The first-order valence-corrected chi connectivity index (χ1v) is 7.39. The maximum absolute atomic E-state index is 4.74. The van der Waals surface area contributed by atoms with Crippen molar-refractivity contribution in [1.29, 1.82) is 0 Å². The predicted molar refractivity (Wildman–Crippen MR) is 72.0 cm³/mol. The van der Waals surface area contributed by atoms with Crippen LogP contribution >= 0.6 is 11.3 Å². The molecule has 2 aromatic heterocycles. The molecule has 18 heavy (non-hydrogen) atoms. The molecule has 1 aliphatic heterocycles. The molecular formula is C12H19N5S. The average molecular weight is 265 g/mol. The van der Waals surface area contributed by atoms with Crippen LogP contribution in [0.1, 0.15) is 56.8 Å². The number of nitrogens with one attached hydrogen (secondary N) is 1. The smallest absolute Gasteiger partial charge is 0.234 e. The van der Waals surface area contributed by atoms with Gasteiger partial charge in [0.2, 0.25) is 4.96 Å². The number of aromatic nitrogens is 4. The first-order chi connectivity index (χ1) is 8.60. The fraction of sp³-hybridized carbons (Fsp3) is 0.750. The Morgan fingerprint density at radius 3 is 2.83 bits per heavy atom. The Morgan fingerprint density at radius 1 is 1.33 bits per heavy atom. The fourth-order valence-electron chi connectivity index (χ4n) is 2.45. The summed E-state index contributed by atoms with van der Waals surface area (Å²) in [6.07, 6.45) is 3.67. The van der Waals surface area contributed by atoms with Crippen LogP contribution in [-0.4, -0.2) is 26.4 Å². The van der Waals surface area contributed by atoms with Crippen LogP contribution < -0.4 is 5.32 Å². The van der Waals surface area contributed by atoms with Gasteiger partial charge in [-0.3, -0.25) is 0 Å². The summed E-state index contributed by atoms with van der Waals surface area (Å²) in [5.41, 5.74) is 0.0118. The molecule has 6 heteroatoms. The van der Waals surface area contributed by atoms with E-state index in [1.165, 1.54) is 12.8 Å². The van der Waals surface area contributed by atoms with Crippen LogP contribution in [0, 0.1) is 0 Å². The predicted octanol–water partition coefficient (Wildman–Crippen LogP) is 2.30. The van der Waals surface area contributed by atoms with Gasteiger partial charge in [0.25, 0.3) is 0 Å². The Kier molecular flexibility index (Phi) is 2.86. The molecule has 0 bridgehead atoms. The van der Waals surface area contributed by atoms with E-state index in [0.717, 1.165) is 28.8 Å². The molecule has 1 fully saturated rings. The van der Waals surface area contributed by atoms with Gasteiger partial charge >= 0.3 is 0 Å². The number of piperidine rings is 1. The lowest BCUT2D eigenvalue weighted by molar-refractivity contribution is 0.280. The summed E-state index contributed by atoms with van der Waals surface area (Å²) in [7, 11) is 0. The van der Waals surface area contributed by atoms with E-state index in [2.05, 4.69) is 36.3 Å². The second-order valence-corrected chi connectivity index (χ2v) is 6.49. The lowest BCUT2D eigenvalue weighted by atomic mass is 9.92. The van der Waals surface area contributed by atoms with Gasteiger partial charge in [0.15, 0.2) is 5.82 Å². The van der Waals surface area contributed by atoms with Gasteiger partial charge < -0.3 is 5.32 Å². The van der Waals surface area contributed by atoms with Gasteiger partial charge in [-0.2, -0.15) is 9.61 Å². The molecule has 2 aromatic rings. The van der Waals surface area contributed by atoms with E-state index in [-0.39, 0.29) is 5.54 Å². The summed E-state index contributed by atoms with van der Waals surface area (Å²) >= 11 is 1.66. The second kappa shape index (κ2) is 4.28. The van der Waals surface area contributed by atoms with E-state index in [1.807, 2.05) is 4.52 Å². The van der Waals surface area contributed by atoms with Crippen LogP contribution in [-0.2, 0) is 5.54 Å². The highest BCUT2D eigenvalue weighted by Gasteiger charge is 2.32. The van der Waals surface area contributed by atoms with Crippen molar-refractivity contribution in [3.05, 3.63) is 10.8 Å². The second-order valence-electron chi connectivity index (χ2n) is 5.53. The van der Waals surface area contributed by atoms with Crippen LogP contribution in [0.25, 0.3) is 4.96 Å². The van der Waals surface area contributed by atoms with E-state index in [0.29, 0.717) is 5.92 Å². The van der Waals surface area contributed by atoms with Crippen molar-refractivity contribution in [2.45, 2.75) is 51.5 Å². The van der Waals surface area contributed by atoms with Crippen molar-refractivity contribution < 1.29 is 0 Å². The molecule has 0 amide bonds. The lowest BCUT2D eigenvalue weighted by Crippen LogP contribution is -2.43. The minimum absolute atomic E-state index is 0.0118. The Bertz CT molecular complexity index is 550. The molecule has 0 aliphatic carbocycles. The summed E-state index contributed by atoms with van der Waals surface area (Å²) in [6.45, 7) is 7.56. The van der Waals surface area contributed by atoms with Gasteiger partial charge in [0.05, 0.1) is 5.54 Å². The number of fused-ring (bicyclic) bond motifs is 1. The number of rotatable bonds is 2. The minimum Gasteiger partial charge on any atom is -0.306 e. The zero-order valence-corrected chi connectivity index (χ0v) is 11.9. The summed E-state index contributed by atoms with van der Waals surface area (Å²) < 4.78 is 1.91. The maximum Gasteiger partial charge on any atom is 0.234 e. The fourth-order valence-corrected chi connectivity index (χ4v) is 3.45. The Balaban J connectivity index is 2.02. The van der Waals surface area contributed by atoms with Crippen molar-refractivity contribution >= 4 is 16.3 Å². The van der Waals surface area contributed by atoms with Gasteiger partial charge in [-0.15, -0.1) is 10.2 Å². The summed E-state index contributed by atoms with van der Waals surface area (Å²) in [6, 6.07) is 0. The Morgan fingerprint density at radius 2 is 2.17 bits per heavy atom. The SMILES string of the molecule is CC(C)c1nnc2sc(C3(C)CCCCN3)nn12. The molecular weight excluding hydrogens is 246 g/mol. The van der Waals surface area contributed by atoms with Gasteiger partial charge in [0, 0.05) is 5.92 Å². The highest BCUT2D eigenvalue weighted by atomic mass is 32.1. The van der Waals surface area contributed by atoms with Crippen LogP contribution in [0.4, 0.5) is 0 Å². The molecule has 0 radical (unpaired) electrons. The molecule has 1 atom stereocenters. The number of nitrogens with zero attached hydrogens (tertiary/aromatic N) is 4. The number of hydrogen-bond donors (Lipinski definition) is 1. The van der Waals surface area contributed by atoms with E-state index >= 15 is 0 Å². The molecule has 98 valence electrons. The molecule has 0 aromatic carbocycles. The first-order valence-electron chi connectivity index (χ1n) is 6.58. The van der Waals surface area contributed by atoms with Crippen molar-refractivity contribution in [3.8, 4) is 0 Å². The zero-order valence-electron chi connectivity index (χ0n) is 11.1. The standard InChI is InChI=1S/C12H19N5S/c1-8(2)9-14-15-11-17(9)16-10(18-11)12(3)6-4-5-7-13-12/h8,13H,4-7H2,1-3H3.